The van der Waals surface area contributed by atoms with Crippen molar-refractivity contribution in [2.45, 2.75) is 13.8 Å². The van der Waals surface area contributed by atoms with E-state index in [4.69, 9.17) is 32.7 Å². The van der Waals surface area contributed by atoms with Crippen molar-refractivity contribution in [2.24, 2.45) is 9.98 Å². The second kappa shape index (κ2) is 11.7. The molecule has 176 valence electrons. The number of aliphatic imine (C=N–C) groups is 2. The average Bonchev–Trinajstić information content (AvgIpc) is 2.88. The molecule has 4 nitrogen and oxygen atoms in total. The lowest BCUT2D eigenvalue weighted by molar-refractivity contribution is 0.341. The van der Waals surface area contributed by atoms with Crippen LogP contribution in [0.25, 0.3) is 22.3 Å². The van der Waals surface area contributed by atoms with Crippen molar-refractivity contribution in [2.75, 3.05) is 13.2 Å². The highest BCUT2D eigenvalue weighted by molar-refractivity contribution is 6.46. The third kappa shape index (κ3) is 5.58. The average molecular weight is 503 g/mol. The molecule has 4 aromatic rings. The Morgan fingerprint density at radius 3 is 1.89 bits per heavy atom. The van der Waals surface area contributed by atoms with E-state index in [1.165, 1.54) is 0 Å². The number of benzene rings is 4. The molecule has 0 amide bonds. The van der Waals surface area contributed by atoms with Crippen LogP contribution < -0.4 is 9.47 Å². The summed E-state index contributed by atoms with van der Waals surface area (Å²) in [5.41, 5.74) is 4.45. The van der Waals surface area contributed by atoms with Gasteiger partial charge in [0.1, 0.15) is 17.5 Å². The Labute approximate surface area is 215 Å². The maximum absolute atomic E-state index is 6.94. The van der Waals surface area contributed by atoms with Gasteiger partial charge >= 0.3 is 0 Å². The first-order valence-corrected chi connectivity index (χ1v) is 12.1. The molecule has 0 radical (unpaired) electrons. The summed E-state index contributed by atoms with van der Waals surface area (Å²) >= 11 is 13.7. The normalized spacial score (nSPS) is 10.4. The Balaban J connectivity index is 1.97. The van der Waals surface area contributed by atoms with E-state index in [1.54, 1.807) is 0 Å². The van der Waals surface area contributed by atoms with Gasteiger partial charge in [-0.1, -0.05) is 77.8 Å². The van der Waals surface area contributed by atoms with Crippen LogP contribution in [0, 0.1) is 0 Å². The van der Waals surface area contributed by atoms with Crippen LogP contribution in [0.1, 0.15) is 13.8 Å². The number of halogens is 2. The van der Waals surface area contributed by atoms with E-state index in [2.05, 4.69) is 16.0 Å². The molecule has 0 aliphatic heterocycles. The van der Waals surface area contributed by atoms with Crippen LogP contribution in [-0.4, -0.2) is 19.2 Å². The van der Waals surface area contributed by atoms with E-state index in [-0.39, 0.29) is 0 Å². The van der Waals surface area contributed by atoms with Crippen LogP contribution in [0.4, 0.5) is 11.4 Å². The highest BCUT2D eigenvalue weighted by Crippen LogP contribution is 2.49. The van der Waals surface area contributed by atoms with Crippen LogP contribution in [-0.2, 0) is 0 Å². The minimum atomic E-state index is 0.307. The molecule has 0 aliphatic rings. The molecule has 0 aromatic heterocycles. The number of hydrogen-bond acceptors (Lipinski definition) is 4. The van der Waals surface area contributed by atoms with Crippen molar-refractivity contribution in [1.82, 2.24) is 0 Å². The van der Waals surface area contributed by atoms with Gasteiger partial charge in [0, 0.05) is 16.7 Å². The van der Waals surface area contributed by atoms with Crippen molar-refractivity contribution >= 4 is 40.6 Å². The van der Waals surface area contributed by atoms with E-state index >= 15 is 0 Å². The highest BCUT2D eigenvalue weighted by atomic mass is 35.5. The molecule has 4 aromatic carbocycles. The van der Waals surface area contributed by atoms with Crippen molar-refractivity contribution in [3.05, 3.63) is 95.0 Å². The van der Waals surface area contributed by atoms with Gasteiger partial charge < -0.3 is 9.47 Å². The lowest BCUT2D eigenvalue weighted by Gasteiger charge is -2.19. The van der Waals surface area contributed by atoms with Gasteiger partial charge in [-0.3, -0.25) is 0 Å². The fraction of sp³-hybridized carbons (Fsp3) is 0.138. The summed E-state index contributed by atoms with van der Waals surface area (Å²) < 4.78 is 11.9. The standard InChI is InChI=1S/C29H24Cl2N2O2/c1-3-34-25-16-10-8-14-21(25)23-18-24(33-19-32-20-12-6-5-7-13-20)28(30)29(31)27(23)22-15-9-11-17-26(22)35-4-2/h5-18H,3-4H2,1-2H3. The van der Waals surface area contributed by atoms with Crippen molar-refractivity contribution in [3.8, 4) is 33.8 Å². The molecule has 6 heteroatoms. The number of rotatable bonds is 8. The van der Waals surface area contributed by atoms with Crippen molar-refractivity contribution < 1.29 is 9.47 Å². The second-order valence-corrected chi connectivity index (χ2v) is 8.22. The molecule has 0 fully saturated rings. The van der Waals surface area contributed by atoms with Gasteiger partial charge in [0.25, 0.3) is 0 Å². The zero-order valence-corrected chi connectivity index (χ0v) is 21.0. The maximum Gasteiger partial charge on any atom is 0.127 e. The fourth-order valence-corrected chi connectivity index (χ4v) is 4.23. The van der Waals surface area contributed by atoms with Gasteiger partial charge in [-0.15, -0.1) is 0 Å². The van der Waals surface area contributed by atoms with Gasteiger partial charge in [0.15, 0.2) is 0 Å². The zero-order chi connectivity index (χ0) is 24.6. The molecule has 0 saturated heterocycles. The Bertz CT molecular complexity index is 1380. The smallest absolute Gasteiger partial charge is 0.127 e. The van der Waals surface area contributed by atoms with Gasteiger partial charge in [0.2, 0.25) is 0 Å². The third-order valence-electron chi connectivity index (χ3n) is 5.23. The highest BCUT2D eigenvalue weighted by Gasteiger charge is 2.22. The summed E-state index contributed by atoms with van der Waals surface area (Å²) in [6.07, 6.45) is 0. The third-order valence-corrected chi connectivity index (χ3v) is 6.08. The fourth-order valence-electron chi connectivity index (χ4n) is 3.73. The summed E-state index contributed by atoms with van der Waals surface area (Å²) in [6, 6.07) is 29.7. The minimum absolute atomic E-state index is 0.307. The Morgan fingerprint density at radius 1 is 0.657 bits per heavy atom. The van der Waals surface area contributed by atoms with E-state index in [0.717, 1.165) is 33.7 Å². The zero-order valence-electron chi connectivity index (χ0n) is 19.5. The second-order valence-electron chi connectivity index (χ2n) is 7.46. The van der Waals surface area contributed by atoms with Gasteiger partial charge in [-0.05, 0) is 49.7 Å². The van der Waals surface area contributed by atoms with Crippen LogP contribution in [0.2, 0.25) is 10.0 Å². The first-order valence-electron chi connectivity index (χ1n) is 11.3. The molecular weight excluding hydrogens is 479 g/mol. The molecule has 0 spiro atoms. The maximum atomic E-state index is 6.94. The van der Waals surface area contributed by atoms with Crippen LogP contribution in [0.5, 0.6) is 11.5 Å². The molecule has 0 atom stereocenters. The molecule has 0 unspecified atom stereocenters. The predicted molar refractivity (Wildman–Crippen MR) is 145 cm³/mol. The largest absolute Gasteiger partial charge is 0.493 e. The SMILES string of the molecule is CCOc1ccccc1-c1cc(N=C=Nc2ccccc2)c(Cl)c(Cl)c1-c1ccccc1OCC. The van der Waals surface area contributed by atoms with Crippen LogP contribution >= 0.6 is 23.2 Å². The molecular formula is C29H24Cl2N2O2. The molecule has 35 heavy (non-hydrogen) atoms. The van der Waals surface area contributed by atoms with E-state index in [0.29, 0.717) is 34.7 Å². The molecule has 0 saturated carbocycles. The van der Waals surface area contributed by atoms with E-state index < -0.39 is 0 Å². The first-order chi connectivity index (χ1) is 17.1. The topological polar surface area (TPSA) is 43.2 Å². The summed E-state index contributed by atoms with van der Waals surface area (Å²) in [7, 11) is 0. The van der Waals surface area contributed by atoms with E-state index in [1.807, 2.05) is 98.8 Å². The molecule has 0 heterocycles. The molecule has 0 aliphatic carbocycles. The minimum Gasteiger partial charge on any atom is -0.493 e. The Kier molecular flexibility index (Phi) is 8.23. The Hall–Kier alpha value is -3.56. The predicted octanol–water partition coefficient (Wildman–Crippen LogP) is 9.26. The monoisotopic (exact) mass is 502 g/mol. The first kappa shape index (κ1) is 24.6. The summed E-state index contributed by atoms with van der Waals surface area (Å²) in [5, 5.41) is 0.671. The number of para-hydroxylation sites is 3. The van der Waals surface area contributed by atoms with Gasteiger partial charge in [-0.25, -0.2) is 0 Å². The summed E-state index contributed by atoms with van der Waals surface area (Å²) in [4.78, 5) is 8.69. The van der Waals surface area contributed by atoms with Gasteiger partial charge in [-0.2, -0.15) is 9.98 Å². The van der Waals surface area contributed by atoms with Crippen LogP contribution in [0.3, 0.4) is 0 Å². The molecule has 4 rings (SSSR count). The van der Waals surface area contributed by atoms with Gasteiger partial charge in [0.05, 0.1) is 34.6 Å². The lowest BCUT2D eigenvalue weighted by atomic mass is 9.92. The summed E-state index contributed by atoms with van der Waals surface area (Å²) in [6.45, 7) is 4.94. The summed E-state index contributed by atoms with van der Waals surface area (Å²) in [5.74, 6) is 1.45. The van der Waals surface area contributed by atoms with Crippen molar-refractivity contribution in [3.63, 3.8) is 0 Å². The quantitative estimate of drug-likeness (QED) is 0.225. The molecule has 0 N–H and O–H groups in total. The van der Waals surface area contributed by atoms with Crippen LogP contribution in [0.15, 0.2) is 94.9 Å². The number of hydrogen-bond donors (Lipinski definition) is 0. The number of ether oxygens (including phenoxy) is 2. The molecule has 0 bridgehead atoms. The lowest BCUT2D eigenvalue weighted by Crippen LogP contribution is -1.98. The van der Waals surface area contributed by atoms with E-state index in [9.17, 15) is 0 Å². The Morgan fingerprint density at radius 2 is 1.23 bits per heavy atom. The number of nitrogens with zero attached hydrogens (tertiary/aromatic N) is 2. The van der Waals surface area contributed by atoms with Crippen molar-refractivity contribution in [1.29, 1.82) is 0 Å².